The highest BCUT2D eigenvalue weighted by molar-refractivity contribution is 7.90. The van der Waals surface area contributed by atoms with E-state index in [1.807, 2.05) is 6.92 Å². The number of carbonyl (C=O) groups is 2. The van der Waals surface area contributed by atoms with Crippen molar-refractivity contribution in [3.8, 4) is 0 Å². The zero-order chi connectivity index (χ0) is 19.9. The lowest BCUT2D eigenvalue weighted by Crippen LogP contribution is -2.38. The van der Waals surface area contributed by atoms with Gasteiger partial charge in [-0.25, -0.2) is 8.42 Å². The quantitative estimate of drug-likeness (QED) is 0.618. The van der Waals surface area contributed by atoms with Crippen molar-refractivity contribution in [3.05, 3.63) is 29.3 Å². The Hall–Kier alpha value is -1.93. The molecule has 0 saturated carbocycles. The Kier molecular flexibility index (Phi) is 8.23. The van der Waals surface area contributed by atoms with Gasteiger partial charge in [0.2, 0.25) is 0 Å². The summed E-state index contributed by atoms with van der Waals surface area (Å²) in [5.74, 6) is -2.10. The van der Waals surface area contributed by atoms with E-state index in [1.54, 1.807) is 13.0 Å². The molecule has 8 heteroatoms. The number of hydrogen-bond donors (Lipinski definition) is 1. The number of hydrogen-bond acceptors (Lipinski definition) is 5. The summed E-state index contributed by atoms with van der Waals surface area (Å²) < 4.78 is 28.8. The van der Waals surface area contributed by atoms with Gasteiger partial charge in [0.05, 0.1) is 10.8 Å². The van der Waals surface area contributed by atoms with E-state index in [4.69, 9.17) is 9.84 Å². The number of amides is 1. The number of ether oxygens (including phenoxy) is 1. The summed E-state index contributed by atoms with van der Waals surface area (Å²) in [5.41, 5.74) is 0.905. The van der Waals surface area contributed by atoms with Crippen molar-refractivity contribution in [2.24, 2.45) is 5.92 Å². The third-order valence-electron chi connectivity index (χ3n) is 3.99. The van der Waals surface area contributed by atoms with Gasteiger partial charge < -0.3 is 14.7 Å². The Morgan fingerprint density at radius 2 is 1.96 bits per heavy atom. The topological polar surface area (TPSA) is 101 Å². The van der Waals surface area contributed by atoms with Gasteiger partial charge in [0.25, 0.3) is 5.91 Å². The minimum absolute atomic E-state index is 0.0445. The average Bonchev–Trinajstić information content (AvgIpc) is 2.56. The first-order chi connectivity index (χ1) is 12.1. The highest BCUT2D eigenvalue weighted by atomic mass is 32.2. The van der Waals surface area contributed by atoms with Crippen LogP contribution in [0.1, 0.15) is 36.2 Å². The Bertz CT molecular complexity index is 744. The molecule has 0 saturated heterocycles. The van der Waals surface area contributed by atoms with Gasteiger partial charge in [-0.3, -0.25) is 9.59 Å². The number of benzene rings is 1. The highest BCUT2D eigenvalue weighted by Crippen LogP contribution is 2.18. The number of aryl methyl sites for hydroxylation is 1. The van der Waals surface area contributed by atoms with E-state index >= 15 is 0 Å². The second-order valence-corrected chi connectivity index (χ2v) is 8.31. The number of carbonyl (C=O) groups excluding carboxylic acids is 1. The van der Waals surface area contributed by atoms with E-state index in [0.29, 0.717) is 31.7 Å². The first-order valence-corrected chi connectivity index (χ1v) is 10.4. The Balaban J connectivity index is 3.11. The molecule has 0 aliphatic rings. The molecule has 26 heavy (non-hydrogen) atoms. The molecule has 1 N–H and O–H groups in total. The summed E-state index contributed by atoms with van der Waals surface area (Å²) in [5, 5.41) is 9.16. The molecule has 0 spiro atoms. The van der Waals surface area contributed by atoms with Crippen LogP contribution in [0, 0.1) is 12.8 Å². The van der Waals surface area contributed by atoms with Gasteiger partial charge in [-0.05, 0) is 38.0 Å². The number of carboxylic acids is 1. The molecular formula is C18H27NO6S. The predicted octanol–water partition coefficient (Wildman–Crippen LogP) is 1.99. The van der Waals surface area contributed by atoms with E-state index < -0.39 is 21.7 Å². The normalized spacial score (nSPS) is 12.6. The van der Waals surface area contributed by atoms with Crippen molar-refractivity contribution in [1.82, 2.24) is 4.90 Å². The van der Waals surface area contributed by atoms with Crippen molar-refractivity contribution in [3.63, 3.8) is 0 Å². The average molecular weight is 385 g/mol. The summed E-state index contributed by atoms with van der Waals surface area (Å²) in [6.07, 6.45) is 1.65. The molecule has 0 fully saturated rings. The van der Waals surface area contributed by atoms with E-state index in [0.717, 1.165) is 6.26 Å². The molecule has 1 unspecified atom stereocenters. The van der Waals surface area contributed by atoms with Crippen LogP contribution in [0.3, 0.4) is 0 Å². The zero-order valence-electron chi connectivity index (χ0n) is 15.7. The van der Waals surface area contributed by atoms with Crippen molar-refractivity contribution in [1.29, 1.82) is 0 Å². The Morgan fingerprint density at radius 3 is 2.50 bits per heavy atom. The standard InChI is InChI=1S/C18H27NO6S/c1-5-25-10-6-9-19(12-14(3)18(21)22)17(20)16-11-15(26(4,23)24)8-7-13(16)2/h7-8,11,14H,5-6,9-10,12H2,1-4H3,(H,21,22). The molecule has 0 bridgehead atoms. The van der Waals surface area contributed by atoms with Crippen LogP contribution >= 0.6 is 0 Å². The second kappa shape index (κ2) is 9.68. The molecule has 1 atom stereocenters. The summed E-state index contributed by atoms with van der Waals surface area (Å²) in [4.78, 5) is 25.7. The third-order valence-corrected chi connectivity index (χ3v) is 5.10. The van der Waals surface area contributed by atoms with Crippen LogP contribution in [0.2, 0.25) is 0 Å². The second-order valence-electron chi connectivity index (χ2n) is 6.29. The van der Waals surface area contributed by atoms with E-state index in [2.05, 4.69) is 0 Å². The zero-order valence-corrected chi connectivity index (χ0v) is 16.5. The molecule has 0 aliphatic carbocycles. The maximum absolute atomic E-state index is 13.0. The van der Waals surface area contributed by atoms with Gasteiger partial charge in [0.1, 0.15) is 0 Å². The fraction of sp³-hybridized carbons (Fsp3) is 0.556. The van der Waals surface area contributed by atoms with Crippen LogP contribution in [0.15, 0.2) is 23.1 Å². The molecule has 146 valence electrons. The minimum Gasteiger partial charge on any atom is -0.481 e. The van der Waals surface area contributed by atoms with Crippen molar-refractivity contribution >= 4 is 21.7 Å². The number of carboxylic acid groups (broad SMARTS) is 1. The lowest BCUT2D eigenvalue weighted by molar-refractivity contribution is -0.141. The largest absolute Gasteiger partial charge is 0.481 e. The summed E-state index contributed by atoms with van der Waals surface area (Å²) >= 11 is 0. The molecule has 0 heterocycles. The van der Waals surface area contributed by atoms with Gasteiger partial charge in [-0.1, -0.05) is 13.0 Å². The van der Waals surface area contributed by atoms with E-state index in [9.17, 15) is 18.0 Å². The predicted molar refractivity (Wildman–Crippen MR) is 98.1 cm³/mol. The lowest BCUT2D eigenvalue weighted by Gasteiger charge is -2.25. The Labute approximate surface area is 154 Å². The summed E-state index contributed by atoms with van der Waals surface area (Å²) in [7, 11) is -3.45. The van der Waals surface area contributed by atoms with Gasteiger partial charge >= 0.3 is 5.97 Å². The number of rotatable bonds is 10. The molecule has 0 aromatic heterocycles. The van der Waals surface area contributed by atoms with Crippen LogP contribution in [0.5, 0.6) is 0 Å². The van der Waals surface area contributed by atoms with Gasteiger partial charge in [0.15, 0.2) is 9.84 Å². The van der Waals surface area contributed by atoms with Crippen LogP contribution < -0.4 is 0 Å². The molecule has 0 aliphatic heterocycles. The first kappa shape index (κ1) is 22.1. The molecule has 1 amide bonds. The number of aliphatic carboxylic acids is 1. The van der Waals surface area contributed by atoms with E-state index in [-0.39, 0.29) is 22.9 Å². The molecular weight excluding hydrogens is 358 g/mol. The molecule has 7 nitrogen and oxygen atoms in total. The highest BCUT2D eigenvalue weighted by Gasteiger charge is 2.23. The number of nitrogens with zero attached hydrogens (tertiary/aromatic N) is 1. The third kappa shape index (κ3) is 6.42. The van der Waals surface area contributed by atoms with Crippen LogP contribution in [0.25, 0.3) is 0 Å². The first-order valence-electron chi connectivity index (χ1n) is 8.48. The maximum atomic E-state index is 13.0. The lowest BCUT2D eigenvalue weighted by atomic mass is 10.1. The minimum atomic E-state index is -3.45. The van der Waals surface area contributed by atoms with Crippen LogP contribution in [-0.2, 0) is 19.4 Å². The molecule has 1 aromatic rings. The fourth-order valence-corrected chi connectivity index (χ4v) is 3.07. The van der Waals surface area contributed by atoms with Crippen molar-refractivity contribution < 1.29 is 27.9 Å². The van der Waals surface area contributed by atoms with Gasteiger partial charge in [-0.2, -0.15) is 0 Å². The van der Waals surface area contributed by atoms with Crippen molar-refractivity contribution in [2.75, 3.05) is 32.6 Å². The molecule has 1 rings (SSSR count). The Morgan fingerprint density at radius 1 is 1.31 bits per heavy atom. The molecule has 1 aromatic carbocycles. The summed E-state index contributed by atoms with van der Waals surface area (Å²) in [6, 6.07) is 4.40. The summed E-state index contributed by atoms with van der Waals surface area (Å²) in [6.45, 7) is 6.53. The molecule has 0 radical (unpaired) electrons. The number of sulfone groups is 1. The van der Waals surface area contributed by atoms with Gasteiger partial charge in [0, 0.05) is 38.1 Å². The van der Waals surface area contributed by atoms with Gasteiger partial charge in [-0.15, -0.1) is 0 Å². The van der Waals surface area contributed by atoms with Crippen molar-refractivity contribution in [2.45, 2.75) is 32.1 Å². The SMILES string of the molecule is CCOCCCN(CC(C)C(=O)O)C(=O)c1cc(S(C)(=O)=O)ccc1C. The van der Waals surface area contributed by atoms with Crippen LogP contribution in [-0.4, -0.2) is 62.9 Å². The maximum Gasteiger partial charge on any atom is 0.308 e. The van der Waals surface area contributed by atoms with Crippen LogP contribution in [0.4, 0.5) is 0 Å². The smallest absolute Gasteiger partial charge is 0.308 e. The fourth-order valence-electron chi connectivity index (χ4n) is 2.42. The monoisotopic (exact) mass is 385 g/mol. The van der Waals surface area contributed by atoms with E-state index in [1.165, 1.54) is 24.0 Å².